The van der Waals surface area contributed by atoms with Gasteiger partial charge in [0.2, 0.25) is 0 Å². The molecule has 3 heteroatoms. The number of hydrogen-bond donors (Lipinski definition) is 1. The molecule has 3 atom stereocenters. The van der Waals surface area contributed by atoms with Crippen LogP contribution in [0.4, 0.5) is 5.69 Å². The van der Waals surface area contributed by atoms with E-state index in [1.807, 2.05) is 30.3 Å². The first-order valence-corrected chi connectivity index (χ1v) is 12.0. The Bertz CT molecular complexity index is 1030. The smallest absolute Gasteiger partial charge is 0.180 e. The van der Waals surface area contributed by atoms with Gasteiger partial charge in [-0.15, -0.1) is 0 Å². The Kier molecular flexibility index (Phi) is 6.36. The van der Waals surface area contributed by atoms with Gasteiger partial charge in [0.25, 0.3) is 0 Å². The van der Waals surface area contributed by atoms with E-state index in [1.54, 1.807) is 0 Å². The van der Waals surface area contributed by atoms with Crippen molar-refractivity contribution in [1.29, 1.82) is 0 Å². The second-order valence-electron chi connectivity index (χ2n) is 9.21. The Morgan fingerprint density at radius 2 is 1.47 bits per heavy atom. The molecule has 1 N–H and O–H groups in total. The Balaban J connectivity index is 1.57. The van der Waals surface area contributed by atoms with Crippen LogP contribution in [0.3, 0.4) is 0 Å². The number of Topliss-reactive ketones (excluding diaryl/α,β-unsaturated/α-hetero) is 1. The molecule has 3 aromatic rings. The molecule has 3 nitrogen and oxygen atoms in total. The number of fused-ring (bicyclic) bond motifs is 1. The largest absolute Gasteiger partial charge is 0.385 e. The van der Waals surface area contributed by atoms with Crippen LogP contribution < -0.4 is 5.32 Å². The normalized spacial score (nSPS) is 20.6. The highest BCUT2D eigenvalue weighted by Crippen LogP contribution is 2.39. The average molecular weight is 425 g/mol. The number of nitrogens with one attached hydrogen (secondary N) is 1. The predicted octanol–water partition coefficient (Wildman–Crippen LogP) is 5.79. The molecule has 32 heavy (non-hydrogen) atoms. The number of rotatable bonds is 6. The van der Waals surface area contributed by atoms with Crippen molar-refractivity contribution in [1.82, 2.24) is 4.90 Å². The molecule has 2 aliphatic rings. The molecule has 2 aliphatic heterocycles. The fourth-order valence-electron chi connectivity index (χ4n) is 5.63. The summed E-state index contributed by atoms with van der Waals surface area (Å²) >= 11 is 0. The summed E-state index contributed by atoms with van der Waals surface area (Å²) in [6.07, 6.45) is 4.60. The van der Waals surface area contributed by atoms with E-state index in [9.17, 15) is 4.79 Å². The van der Waals surface area contributed by atoms with Crippen LogP contribution in [-0.4, -0.2) is 36.4 Å². The molecule has 0 aromatic heterocycles. The minimum atomic E-state index is -0.142. The van der Waals surface area contributed by atoms with Gasteiger partial charge in [-0.2, -0.15) is 0 Å². The lowest BCUT2D eigenvalue weighted by molar-refractivity contribution is 0.0687. The van der Waals surface area contributed by atoms with Crippen molar-refractivity contribution < 1.29 is 4.79 Å². The van der Waals surface area contributed by atoms with Crippen LogP contribution in [0.25, 0.3) is 0 Å². The van der Waals surface area contributed by atoms with Gasteiger partial charge in [-0.1, -0.05) is 85.3 Å². The fraction of sp³-hybridized carbons (Fsp3) is 0.345. The molecule has 164 valence electrons. The molecule has 0 radical (unpaired) electrons. The number of benzene rings is 3. The van der Waals surface area contributed by atoms with Crippen LogP contribution in [0.2, 0.25) is 0 Å². The quantitative estimate of drug-likeness (QED) is 0.508. The van der Waals surface area contributed by atoms with E-state index in [1.165, 1.54) is 36.1 Å². The van der Waals surface area contributed by atoms with Gasteiger partial charge in [-0.25, -0.2) is 0 Å². The summed E-state index contributed by atoms with van der Waals surface area (Å²) in [6, 6.07) is 29.1. The Hall–Kier alpha value is -2.91. The third-order valence-electron chi connectivity index (χ3n) is 7.20. The highest BCUT2D eigenvalue weighted by molar-refractivity contribution is 6.00. The highest BCUT2D eigenvalue weighted by atomic mass is 16.1. The number of nitrogens with zero attached hydrogens (tertiary/aromatic N) is 1. The maximum absolute atomic E-state index is 14.1. The van der Waals surface area contributed by atoms with E-state index in [-0.39, 0.29) is 17.7 Å². The van der Waals surface area contributed by atoms with Crippen molar-refractivity contribution >= 4 is 11.5 Å². The molecule has 0 unspecified atom stereocenters. The predicted molar refractivity (Wildman–Crippen MR) is 131 cm³/mol. The molecule has 0 aliphatic carbocycles. The second kappa shape index (κ2) is 9.70. The van der Waals surface area contributed by atoms with E-state index in [0.29, 0.717) is 5.92 Å². The summed E-state index contributed by atoms with van der Waals surface area (Å²) in [7, 11) is 0. The molecule has 1 saturated heterocycles. The molecular weight excluding hydrogens is 392 g/mol. The van der Waals surface area contributed by atoms with Crippen molar-refractivity contribution in [2.75, 3.05) is 25.0 Å². The van der Waals surface area contributed by atoms with E-state index in [2.05, 4.69) is 64.8 Å². The van der Waals surface area contributed by atoms with Gasteiger partial charge in [0, 0.05) is 23.7 Å². The highest BCUT2D eigenvalue weighted by Gasteiger charge is 2.40. The van der Waals surface area contributed by atoms with Crippen molar-refractivity contribution in [2.45, 2.75) is 37.6 Å². The lowest BCUT2D eigenvalue weighted by Gasteiger charge is -2.43. The minimum Gasteiger partial charge on any atom is -0.385 e. The molecule has 0 bridgehead atoms. The molecule has 1 fully saturated rings. The number of anilines is 1. The zero-order valence-electron chi connectivity index (χ0n) is 18.6. The van der Waals surface area contributed by atoms with Crippen LogP contribution in [0.1, 0.15) is 46.7 Å². The summed E-state index contributed by atoms with van der Waals surface area (Å²) in [5.74, 6) is 0.759. The molecular formula is C29H32N2O. The van der Waals surface area contributed by atoms with Gasteiger partial charge >= 0.3 is 0 Å². The van der Waals surface area contributed by atoms with Gasteiger partial charge in [0.15, 0.2) is 5.78 Å². The van der Waals surface area contributed by atoms with Crippen molar-refractivity contribution in [3.05, 3.63) is 102 Å². The standard InChI is InChI=1S/C29H32N2O/c32-29(23-14-6-2-7-15-23)28(31-18-10-3-11-19-31)27(22-12-4-1-5-13-22)25-20-24-16-8-9-17-26(24)30-21-25/h1-2,4-9,12-17,25,27-28,30H,3,10-11,18-21H2/t25-,27+,28+/m1/s1. The van der Waals surface area contributed by atoms with Crippen LogP contribution in [0, 0.1) is 5.92 Å². The zero-order valence-corrected chi connectivity index (χ0v) is 18.6. The van der Waals surface area contributed by atoms with E-state index in [0.717, 1.165) is 31.6 Å². The number of ketones is 1. The molecule has 3 aromatic carbocycles. The number of para-hydroxylation sites is 1. The lowest BCUT2D eigenvalue weighted by atomic mass is 9.73. The summed E-state index contributed by atoms with van der Waals surface area (Å²) in [4.78, 5) is 16.6. The minimum absolute atomic E-state index is 0.142. The van der Waals surface area contributed by atoms with Gasteiger partial charge in [0.05, 0.1) is 6.04 Å². The van der Waals surface area contributed by atoms with Gasteiger partial charge in [0.1, 0.15) is 0 Å². The van der Waals surface area contributed by atoms with Gasteiger partial charge in [-0.3, -0.25) is 9.69 Å². The average Bonchev–Trinajstić information content (AvgIpc) is 2.88. The molecule has 0 spiro atoms. The fourth-order valence-corrected chi connectivity index (χ4v) is 5.63. The molecule has 5 rings (SSSR count). The third-order valence-corrected chi connectivity index (χ3v) is 7.20. The summed E-state index contributed by atoms with van der Waals surface area (Å²) in [5.41, 5.74) is 4.69. The second-order valence-corrected chi connectivity index (χ2v) is 9.21. The maximum Gasteiger partial charge on any atom is 0.180 e. The summed E-state index contributed by atoms with van der Waals surface area (Å²) in [5, 5.41) is 3.67. The van der Waals surface area contributed by atoms with Crippen molar-refractivity contribution in [3.8, 4) is 0 Å². The molecule has 0 saturated carbocycles. The van der Waals surface area contributed by atoms with Gasteiger partial charge < -0.3 is 5.32 Å². The third kappa shape index (κ3) is 4.35. The van der Waals surface area contributed by atoms with Crippen LogP contribution in [0.15, 0.2) is 84.9 Å². The Morgan fingerprint density at radius 3 is 2.22 bits per heavy atom. The van der Waals surface area contributed by atoms with E-state index in [4.69, 9.17) is 0 Å². The molecule has 2 heterocycles. The topological polar surface area (TPSA) is 32.3 Å². The number of carbonyl (C=O) groups excluding carboxylic acids is 1. The van der Waals surface area contributed by atoms with Crippen LogP contribution in [0.5, 0.6) is 0 Å². The SMILES string of the molecule is O=C(c1ccccc1)[C@H]([C@@H](c1ccccc1)[C@H]1CNc2ccccc2C1)N1CCCCC1. The maximum atomic E-state index is 14.1. The van der Waals surface area contributed by atoms with Crippen LogP contribution >= 0.6 is 0 Å². The lowest BCUT2D eigenvalue weighted by Crippen LogP contribution is -2.50. The number of piperidine rings is 1. The number of carbonyl (C=O) groups is 1. The zero-order chi connectivity index (χ0) is 21.8. The van der Waals surface area contributed by atoms with Crippen molar-refractivity contribution in [3.63, 3.8) is 0 Å². The van der Waals surface area contributed by atoms with Gasteiger partial charge in [-0.05, 0) is 55.5 Å². The van der Waals surface area contributed by atoms with E-state index < -0.39 is 0 Å². The Labute approximate surface area is 191 Å². The first kappa shape index (κ1) is 21.0. The number of hydrogen-bond acceptors (Lipinski definition) is 3. The van der Waals surface area contributed by atoms with Crippen molar-refractivity contribution in [2.24, 2.45) is 5.92 Å². The first-order valence-electron chi connectivity index (χ1n) is 12.0. The van der Waals surface area contributed by atoms with E-state index >= 15 is 0 Å². The summed E-state index contributed by atoms with van der Waals surface area (Å²) < 4.78 is 0. The van der Waals surface area contributed by atoms with Crippen LogP contribution in [-0.2, 0) is 6.42 Å². The molecule has 0 amide bonds. The first-order chi connectivity index (χ1) is 15.8. The number of likely N-dealkylation sites (tertiary alicyclic amines) is 1. The monoisotopic (exact) mass is 424 g/mol. The summed E-state index contributed by atoms with van der Waals surface area (Å²) in [6.45, 7) is 2.90. The Morgan fingerprint density at radius 1 is 0.812 bits per heavy atom.